The molecular formula is C18H22N2O4S2. The van der Waals surface area contributed by atoms with E-state index in [4.69, 9.17) is 4.74 Å². The van der Waals surface area contributed by atoms with Gasteiger partial charge in [0.15, 0.2) is 0 Å². The first-order chi connectivity index (χ1) is 12.5. The predicted octanol–water partition coefficient (Wildman–Crippen LogP) is 3.76. The van der Waals surface area contributed by atoms with Crippen LogP contribution < -0.4 is 5.32 Å². The number of carbonyl (C=O) groups excluding carboxylic acids is 1. The van der Waals surface area contributed by atoms with Crippen molar-refractivity contribution in [3.05, 3.63) is 51.5 Å². The van der Waals surface area contributed by atoms with E-state index in [1.165, 1.54) is 4.88 Å². The van der Waals surface area contributed by atoms with Crippen LogP contribution in [0.4, 0.5) is 4.79 Å². The molecule has 6 nitrogen and oxygen atoms in total. The Labute approximate surface area is 161 Å². The lowest BCUT2D eigenvalue weighted by molar-refractivity contribution is -0.139. The molecule has 0 aliphatic rings. The Hall–Kier alpha value is -2.06. The molecule has 0 spiro atoms. The SMILES string of the molecule is Cc1nc(CSCCC(NC(=O)OCc2ccccc2)C(=O)O)sc1C. The first-order valence-electron chi connectivity index (χ1n) is 8.16. The molecule has 0 fully saturated rings. The molecule has 140 valence electrons. The highest BCUT2D eigenvalue weighted by Crippen LogP contribution is 2.21. The molecule has 2 rings (SSSR count). The number of amides is 1. The van der Waals surface area contributed by atoms with Crippen LogP contribution in [0.15, 0.2) is 30.3 Å². The summed E-state index contributed by atoms with van der Waals surface area (Å²) >= 11 is 3.26. The lowest BCUT2D eigenvalue weighted by Gasteiger charge is -2.14. The molecular weight excluding hydrogens is 372 g/mol. The van der Waals surface area contributed by atoms with Crippen LogP contribution in [-0.2, 0) is 21.9 Å². The second-order valence-electron chi connectivity index (χ2n) is 5.69. The molecule has 0 radical (unpaired) electrons. The third kappa shape index (κ3) is 6.68. The van der Waals surface area contributed by atoms with E-state index in [0.29, 0.717) is 12.2 Å². The summed E-state index contributed by atoms with van der Waals surface area (Å²) in [4.78, 5) is 28.8. The van der Waals surface area contributed by atoms with Gasteiger partial charge in [-0.3, -0.25) is 0 Å². The molecule has 1 aromatic heterocycles. The van der Waals surface area contributed by atoms with Crippen molar-refractivity contribution in [3.63, 3.8) is 0 Å². The number of thioether (sulfide) groups is 1. The van der Waals surface area contributed by atoms with Crippen LogP contribution in [0, 0.1) is 13.8 Å². The number of benzene rings is 1. The molecule has 0 aliphatic carbocycles. The lowest BCUT2D eigenvalue weighted by Crippen LogP contribution is -2.41. The van der Waals surface area contributed by atoms with Gasteiger partial charge in [-0.05, 0) is 31.6 Å². The molecule has 1 amide bonds. The molecule has 2 N–H and O–H groups in total. The summed E-state index contributed by atoms with van der Waals surface area (Å²) in [5.74, 6) is 0.279. The van der Waals surface area contributed by atoms with Crippen molar-refractivity contribution in [1.82, 2.24) is 10.3 Å². The topological polar surface area (TPSA) is 88.5 Å². The van der Waals surface area contributed by atoms with Crippen LogP contribution in [-0.4, -0.2) is 33.9 Å². The molecule has 8 heteroatoms. The van der Waals surface area contributed by atoms with Crippen LogP contribution in [0.3, 0.4) is 0 Å². The minimum Gasteiger partial charge on any atom is -0.480 e. The Morgan fingerprint density at radius 3 is 2.65 bits per heavy atom. The van der Waals surface area contributed by atoms with Crippen molar-refractivity contribution in [2.24, 2.45) is 0 Å². The highest BCUT2D eigenvalue weighted by Gasteiger charge is 2.20. The predicted molar refractivity (Wildman–Crippen MR) is 104 cm³/mol. The maximum Gasteiger partial charge on any atom is 0.408 e. The maximum atomic E-state index is 11.8. The number of carbonyl (C=O) groups is 2. The molecule has 2 aromatic rings. The third-order valence-electron chi connectivity index (χ3n) is 3.65. The minimum absolute atomic E-state index is 0.108. The van der Waals surface area contributed by atoms with E-state index >= 15 is 0 Å². The Balaban J connectivity index is 1.71. The number of alkyl carbamates (subject to hydrolysis) is 1. The van der Waals surface area contributed by atoms with Crippen molar-refractivity contribution in [1.29, 1.82) is 0 Å². The van der Waals surface area contributed by atoms with Crippen molar-refractivity contribution < 1.29 is 19.4 Å². The number of hydrogen-bond donors (Lipinski definition) is 2. The summed E-state index contributed by atoms with van der Waals surface area (Å²) < 4.78 is 5.07. The Morgan fingerprint density at radius 2 is 2.04 bits per heavy atom. The van der Waals surface area contributed by atoms with Gasteiger partial charge in [0.2, 0.25) is 0 Å². The summed E-state index contributed by atoms with van der Waals surface area (Å²) in [5.41, 5.74) is 1.89. The molecule has 0 aliphatic heterocycles. The zero-order valence-electron chi connectivity index (χ0n) is 14.7. The largest absolute Gasteiger partial charge is 0.480 e. The molecule has 1 heterocycles. The van der Waals surface area contributed by atoms with E-state index in [2.05, 4.69) is 10.3 Å². The van der Waals surface area contributed by atoms with Gasteiger partial charge in [0.25, 0.3) is 0 Å². The molecule has 1 aromatic carbocycles. The third-order valence-corrected chi connectivity index (χ3v) is 5.91. The van der Waals surface area contributed by atoms with Gasteiger partial charge < -0.3 is 15.2 Å². The van der Waals surface area contributed by atoms with Crippen LogP contribution in [0.1, 0.15) is 27.6 Å². The normalized spacial score (nSPS) is 11.8. The maximum absolute atomic E-state index is 11.8. The number of nitrogens with zero attached hydrogens (tertiary/aromatic N) is 1. The first-order valence-corrected chi connectivity index (χ1v) is 10.1. The van der Waals surface area contributed by atoms with Crippen molar-refractivity contribution in [2.75, 3.05) is 5.75 Å². The average Bonchev–Trinajstić information content (AvgIpc) is 2.94. The summed E-state index contributed by atoms with van der Waals surface area (Å²) in [6.45, 7) is 4.12. The van der Waals surface area contributed by atoms with Gasteiger partial charge in [-0.15, -0.1) is 11.3 Å². The van der Waals surface area contributed by atoms with Gasteiger partial charge in [0.1, 0.15) is 17.7 Å². The number of aliphatic carboxylic acids is 1. The minimum atomic E-state index is -1.07. The second-order valence-corrected chi connectivity index (χ2v) is 8.08. The fraction of sp³-hybridized carbons (Fsp3) is 0.389. The van der Waals surface area contributed by atoms with E-state index in [1.807, 2.05) is 44.2 Å². The van der Waals surface area contributed by atoms with Crippen LogP contribution >= 0.6 is 23.1 Å². The molecule has 1 atom stereocenters. The highest BCUT2D eigenvalue weighted by atomic mass is 32.2. The number of ether oxygens (including phenoxy) is 1. The van der Waals surface area contributed by atoms with Crippen LogP contribution in [0.5, 0.6) is 0 Å². The van der Waals surface area contributed by atoms with Gasteiger partial charge >= 0.3 is 12.1 Å². The number of carboxylic acids is 1. The van der Waals surface area contributed by atoms with E-state index in [1.54, 1.807) is 23.1 Å². The Morgan fingerprint density at radius 1 is 1.31 bits per heavy atom. The second kappa shape index (κ2) is 10.2. The van der Waals surface area contributed by atoms with E-state index in [9.17, 15) is 14.7 Å². The molecule has 0 bridgehead atoms. The van der Waals surface area contributed by atoms with Crippen molar-refractivity contribution in [3.8, 4) is 0 Å². The summed E-state index contributed by atoms with van der Waals surface area (Å²) in [6.07, 6.45) is -0.401. The van der Waals surface area contributed by atoms with E-state index in [-0.39, 0.29) is 6.61 Å². The fourth-order valence-electron chi connectivity index (χ4n) is 2.13. The van der Waals surface area contributed by atoms with Crippen LogP contribution in [0.2, 0.25) is 0 Å². The van der Waals surface area contributed by atoms with Gasteiger partial charge in [0, 0.05) is 10.6 Å². The van der Waals surface area contributed by atoms with E-state index < -0.39 is 18.1 Å². The molecule has 26 heavy (non-hydrogen) atoms. The fourth-order valence-corrected chi connectivity index (χ4v) is 4.13. The van der Waals surface area contributed by atoms with Gasteiger partial charge in [0.05, 0.1) is 5.69 Å². The van der Waals surface area contributed by atoms with Crippen molar-refractivity contribution in [2.45, 2.75) is 38.7 Å². The van der Waals surface area contributed by atoms with Gasteiger partial charge in [-0.25, -0.2) is 14.6 Å². The zero-order chi connectivity index (χ0) is 18.9. The summed E-state index contributed by atoms with van der Waals surface area (Å²) in [6, 6.07) is 8.26. The number of rotatable bonds is 9. The number of hydrogen-bond acceptors (Lipinski definition) is 6. The van der Waals surface area contributed by atoms with Crippen molar-refractivity contribution >= 4 is 35.2 Å². The number of thiazole rings is 1. The zero-order valence-corrected chi connectivity index (χ0v) is 16.4. The molecule has 1 unspecified atom stereocenters. The first kappa shape index (κ1) is 20.3. The number of aryl methyl sites for hydroxylation is 2. The summed E-state index contributed by atoms with van der Waals surface area (Å²) in [5, 5.41) is 12.7. The highest BCUT2D eigenvalue weighted by molar-refractivity contribution is 7.98. The Kier molecular flexibility index (Phi) is 7.93. The monoisotopic (exact) mass is 394 g/mol. The summed E-state index contributed by atoms with van der Waals surface area (Å²) in [7, 11) is 0. The standard InChI is InChI=1S/C18H22N2O4S2/c1-12-13(2)26-16(19-12)11-25-9-8-15(17(21)22)20-18(23)24-10-14-6-4-3-5-7-14/h3-7,15H,8-11H2,1-2H3,(H,20,23)(H,21,22). The molecule has 0 saturated heterocycles. The lowest BCUT2D eigenvalue weighted by atomic mass is 10.2. The molecule has 0 saturated carbocycles. The Bertz CT molecular complexity index is 715. The van der Waals surface area contributed by atoms with Gasteiger partial charge in [-0.2, -0.15) is 11.8 Å². The number of carboxylic acid groups (broad SMARTS) is 1. The quantitative estimate of drug-likeness (QED) is 0.630. The smallest absolute Gasteiger partial charge is 0.408 e. The van der Waals surface area contributed by atoms with Crippen LogP contribution in [0.25, 0.3) is 0 Å². The average molecular weight is 395 g/mol. The number of nitrogens with one attached hydrogen (secondary N) is 1. The number of aromatic nitrogens is 1. The van der Waals surface area contributed by atoms with E-state index in [0.717, 1.165) is 22.0 Å². The van der Waals surface area contributed by atoms with Gasteiger partial charge in [-0.1, -0.05) is 30.3 Å².